The summed E-state index contributed by atoms with van der Waals surface area (Å²) < 4.78 is 1.94. The average Bonchev–Trinajstić information content (AvgIpc) is 2.74. The molecule has 0 aliphatic carbocycles. The van der Waals surface area contributed by atoms with Crippen LogP contribution in [0.4, 0.5) is 0 Å². The van der Waals surface area contributed by atoms with Gasteiger partial charge in [-0.1, -0.05) is 13.8 Å². The van der Waals surface area contributed by atoms with E-state index < -0.39 is 0 Å². The summed E-state index contributed by atoms with van der Waals surface area (Å²) in [5.41, 5.74) is 0.687. The molecule has 1 amide bonds. The molecule has 0 aliphatic rings. The fourth-order valence-corrected chi connectivity index (χ4v) is 1.48. The molecule has 0 aromatic carbocycles. The molecule has 1 rings (SSSR count). The summed E-state index contributed by atoms with van der Waals surface area (Å²) in [5.74, 6) is 0.0253. The Balaban J connectivity index is 2.55. The Morgan fingerprint density at radius 1 is 1.62 bits per heavy atom. The summed E-state index contributed by atoms with van der Waals surface area (Å²) in [6.07, 6.45) is 2.91. The van der Waals surface area contributed by atoms with Gasteiger partial charge in [0.1, 0.15) is 5.69 Å². The molecule has 16 heavy (non-hydrogen) atoms. The number of nitrogens with one attached hydrogen (secondary N) is 1. The molecule has 0 bridgehead atoms. The first-order valence-electron chi connectivity index (χ1n) is 5.73. The highest BCUT2D eigenvalue weighted by molar-refractivity contribution is 5.92. The largest absolute Gasteiger partial charge is 0.396 e. The Bertz CT molecular complexity index is 334. The highest BCUT2D eigenvalue weighted by Crippen LogP contribution is 2.03. The third kappa shape index (κ3) is 3.38. The number of aryl methyl sites for hydroxylation is 1. The van der Waals surface area contributed by atoms with Gasteiger partial charge in [0.15, 0.2) is 0 Å². The van der Waals surface area contributed by atoms with Crippen molar-refractivity contribution in [1.29, 1.82) is 0 Å². The lowest BCUT2D eigenvalue weighted by Gasteiger charge is -2.11. The molecule has 4 nitrogen and oxygen atoms in total. The number of hydrogen-bond acceptors (Lipinski definition) is 2. The van der Waals surface area contributed by atoms with Crippen LogP contribution < -0.4 is 5.32 Å². The lowest BCUT2D eigenvalue weighted by atomic mass is 10.2. The zero-order valence-corrected chi connectivity index (χ0v) is 9.94. The van der Waals surface area contributed by atoms with Crippen LogP contribution in [0.5, 0.6) is 0 Å². The number of nitrogens with zero attached hydrogens (tertiary/aromatic N) is 1. The van der Waals surface area contributed by atoms with Crippen LogP contribution in [0.2, 0.25) is 0 Å². The van der Waals surface area contributed by atoms with Crippen LogP contribution in [0.15, 0.2) is 18.3 Å². The van der Waals surface area contributed by atoms with Crippen LogP contribution >= 0.6 is 0 Å². The first-order valence-corrected chi connectivity index (χ1v) is 5.73. The fourth-order valence-electron chi connectivity index (χ4n) is 1.48. The molecule has 1 atom stereocenters. The summed E-state index contributed by atoms with van der Waals surface area (Å²) in [7, 11) is 0. The van der Waals surface area contributed by atoms with Gasteiger partial charge >= 0.3 is 0 Å². The number of aromatic nitrogens is 1. The SMILES string of the molecule is CCCn1cccc1C(=O)NCC(C)CO. The molecule has 0 radical (unpaired) electrons. The number of carbonyl (C=O) groups excluding carboxylic acids is 1. The van der Waals surface area contributed by atoms with Crippen LogP contribution in [0.3, 0.4) is 0 Å². The molecular weight excluding hydrogens is 204 g/mol. The minimum absolute atomic E-state index is 0.0706. The standard InChI is InChI=1S/C12H20N2O2/c1-3-6-14-7-4-5-11(14)12(16)13-8-10(2)9-15/h4-5,7,10,15H,3,6,8-9H2,1-2H3,(H,13,16). The van der Waals surface area contributed by atoms with E-state index in [1.165, 1.54) is 0 Å². The first kappa shape index (κ1) is 12.8. The van der Waals surface area contributed by atoms with Gasteiger partial charge < -0.3 is 15.0 Å². The van der Waals surface area contributed by atoms with E-state index in [-0.39, 0.29) is 18.4 Å². The zero-order valence-electron chi connectivity index (χ0n) is 9.94. The molecule has 0 saturated heterocycles. The lowest BCUT2D eigenvalue weighted by Crippen LogP contribution is -2.31. The molecule has 0 aliphatic heterocycles. The molecule has 1 aromatic rings. The van der Waals surface area contributed by atoms with E-state index in [1.807, 2.05) is 29.8 Å². The molecule has 2 N–H and O–H groups in total. The normalized spacial score (nSPS) is 12.4. The van der Waals surface area contributed by atoms with E-state index in [1.54, 1.807) is 0 Å². The number of amides is 1. The summed E-state index contributed by atoms with van der Waals surface area (Å²) in [4.78, 5) is 11.8. The zero-order chi connectivity index (χ0) is 12.0. The van der Waals surface area contributed by atoms with E-state index in [0.717, 1.165) is 13.0 Å². The summed E-state index contributed by atoms with van der Waals surface area (Å²) in [6.45, 7) is 5.43. The highest BCUT2D eigenvalue weighted by Gasteiger charge is 2.10. The quantitative estimate of drug-likeness (QED) is 0.764. The Morgan fingerprint density at radius 2 is 2.38 bits per heavy atom. The predicted molar refractivity (Wildman–Crippen MR) is 63.3 cm³/mol. The van der Waals surface area contributed by atoms with Crippen molar-refractivity contribution >= 4 is 5.91 Å². The maximum atomic E-state index is 11.8. The second kappa shape index (κ2) is 6.33. The Kier molecular flexibility index (Phi) is 5.05. The Hall–Kier alpha value is -1.29. The van der Waals surface area contributed by atoms with Crippen molar-refractivity contribution in [1.82, 2.24) is 9.88 Å². The van der Waals surface area contributed by atoms with E-state index in [2.05, 4.69) is 12.2 Å². The molecule has 1 heterocycles. The third-order valence-electron chi connectivity index (χ3n) is 2.45. The number of carbonyl (C=O) groups is 1. The molecule has 1 unspecified atom stereocenters. The van der Waals surface area contributed by atoms with Crippen LogP contribution in [0.25, 0.3) is 0 Å². The second-order valence-electron chi connectivity index (χ2n) is 4.08. The first-order chi connectivity index (χ1) is 7.69. The van der Waals surface area contributed by atoms with Gasteiger partial charge in [0, 0.05) is 25.9 Å². The molecule has 0 fully saturated rings. The molecule has 0 saturated carbocycles. The fraction of sp³-hybridized carbons (Fsp3) is 0.583. The monoisotopic (exact) mass is 224 g/mol. The van der Waals surface area contributed by atoms with Gasteiger partial charge in [0.25, 0.3) is 5.91 Å². The number of aliphatic hydroxyl groups is 1. The topological polar surface area (TPSA) is 54.3 Å². The Morgan fingerprint density at radius 3 is 3.00 bits per heavy atom. The van der Waals surface area contributed by atoms with Gasteiger partial charge in [0.05, 0.1) is 0 Å². The summed E-state index contributed by atoms with van der Waals surface area (Å²) in [6, 6.07) is 3.69. The number of rotatable bonds is 6. The average molecular weight is 224 g/mol. The van der Waals surface area contributed by atoms with Crippen molar-refractivity contribution in [2.75, 3.05) is 13.2 Å². The lowest BCUT2D eigenvalue weighted by molar-refractivity contribution is 0.0933. The van der Waals surface area contributed by atoms with Gasteiger partial charge in [-0.2, -0.15) is 0 Å². The Labute approximate surface area is 96.3 Å². The smallest absolute Gasteiger partial charge is 0.267 e. The maximum Gasteiger partial charge on any atom is 0.267 e. The van der Waals surface area contributed by atoms with E-state index in [0.29, 0.717) is 12.2 Å². The van der Waals surface area contributed by atoms with Crippen molar-refractivity contribution < 1.29 is 9.90 Å². The van der Waals surface area contributed by atoms with Gasteiger partial charge in [-0.25, -0.2) is 0 Å². The van der Waals surface area contributed by atoms with Crippen LogP contribution in [-0.4, -0.2) is 28.7 Å². The summed E-state index contributed by atoms with van der Waals surface area (Å²) in [5, 5.41) is 11.7. The van der Waals surface area contributed by atoms with Gasteiger partial charge in [0.2, 0.25) is 0 Å². The predicted octanol–water partition coefficient (Wildman–Crippen LogP) is 1.26. The van der Waals surface area contributed by atoms with Gasteiger partial charge in [-0.3, -0.25) is 4.79 Å². The second-order valence-corrected chi connectivity index (χ2v) is 4.08. The van der Waals surface area contributed by atoms with Crippen molar-refractivity contribution in [3.63, 3.8) is 0 Å². The van der Waals surface area contributed by atoms with E-state index in [4.69, 9.17) is 5.11 Å². The van der Waals surface area contributed by atoms with Gasteiger partial charge in [-0.05, 0) is 24.5 Å². The van der Waals surface area contributed by atoms with Gasteiger partial charge in [-0.15, -0.1) is 0 Å². The van der Waals surface area contributed by atoms with Crippen molar-refractivity contribution in [3.8, 4) is 0 Å². The van der Waals surface area contributed by atoms with Crippen LogP contribution in [-0.2, 0) is 6.54 Å². The van der Waals surface area contributed by atoms with Crippen LogP contribution in [0, 0.1) is 5.92 Å². The minimum atomic E-state index is -0.0706. The maximum absolute atomic E-state index is 11.8. The molecule has 1 aromatic heterocycles. The van der Waals surface area contributed by atoms with E-state index >= 15 is 0 Å². The minimum Gasteiger partial charge on any atom is -0.396 e. The highest BCUT2D eigenvalue weighted by atomic mass is 16.3. The molecule has 4 heteroatoms. The molecule has 0 spiro atoms. The van der Waals surface area contributed by atoms with Crippen LogP contribution in [0.1, 0.15) is 30.8 Å². The van der Waals surface area contributed by atoms with Crippen molar-refractivity contribution in [2.45, 2.75) is 26.8 Å². The summed E-state index contributed by atoms with van der Waals surface area (Å²) >= 11 is 0. The van der Waals surface area contributed by atoms with Crippen molar-refractivity contribution in [3.05, 3.63) is 24.0 Å². The number of aliphatic hydroxyl groups excluding tert-OH is 1. The van der Waals surface area contributed by atoms with E-state index in [9.17, 15) is 4.79 Å². The molecular formula is C12H20N2O2. The number of hydrogen-bond donors (Lipinski definition) is 2. The van der Waals surface area contributed by atoms with Crippen molar-refractivity contribution in [2.24, 2.45) is 5.92 Å². The third-order valence-corrected chi connectivity index (χ3v) is 2.45. The molecule has 90 valence electrons.